The van der Waals surface area contributed by atoms with E-state index in [1.54, 1.807) is 24.5 Å². The Morgan fingerprint density at radius 2 is 1.94 bits per heavy atom. The molecule has 1 fully saturated rings. The molecule has 0 atom stereocenters. The van der Waals surface area contributed by atoms with Crippen molar-refractivity contribution in [1.29, 1.82) is 0 Å². The van der Waals surface area contributed by atoms with Crippen molar-refractivity contribution >= 4 is 26.7 Å². The molecular weight excluding hydrogens is 418 g/mol. The van der Waals surface area contributed by atoms with Crippen molar-refractivity contribution < 1.29 is 13.5 Å². The lowest BCUT2D eigenvalue weighted by molar-refractivity contribution is 0.479. The first-order valence-corrected chi connectivity index (χ1v) is 11.4. The normalized spacial score (nSPS) is 15.9. The molecule has 4 aromatic heterocycles. The molecule has 1 aliphatic rings. The van der Waals surface area contributed by atoms with Gasteiger partial charge >= 0.3 is 0 Å². The van der Waals surface area contributed by atoms with Crippen molar-refractivity contribution in [2.75, 3.05) is 16.6 Å². The minimum absolute atomic E-state index is 0.0605. The second kappa shape index (κ2) is 7.58. The third-order valence-corrected chi connectivity index (χ3v) is 7.01. The Morgan fingerprint density at radius 1 is 1.10 bits per heavy atom. The van der Waals surface area contributed by atoms with Crippen molar-refractivity contribution in [2.24, 2.45) is 0 Å². The van der Waals surface area contributed by atoms with Crippen molar-refractivity contribution in [3.8, 4) is 17.3 Å². The third-order valence-electron chi connectivity index (χ3n) is 5.18. The van der Waals surface area contributed by atoms with Gasteiger partial charge in [0.25, 0.3) is 0 Å². The van der Waals surface area contributed by atoms with Crippen LogP contribution < -0.4 is 4.31 Å². The molecule has 2 N–H and O–H groups in total. The van der Waals surface area contributed by atoms with Gasteiger partial charge in [-0.3, -0.25) is 14.3 Å². The monoisotopic (exact) mass is 437 g/mol. The number of nitrogens with zero attached hydrogens (tertiary/aromatic N) is 6. The van der Waals surface area contributed by atoms with Gasteiger partial charge in [0.2, 0.25) is 10.0 Å². The number of nitrogens with one attached hydrogen (secondary N) is 1. The molecule has 0 aromatic carbocycles. The largest absolute Gasteiger partial charge is 0.504 e. The Bertz CT molecular complexity index is 1360. The number of hydrogen-bond donors (Lipinski definition) is 2. The zero-order chi connectivity index (χ0) is 21.4. The maximum atomic E-state index is 12.7. The van der Waals surface area contributed by atoms with Crippen LogP contribution in [0.5, 0.6) is 5.75 Å². The molecule has 0 spiro atoms. The number of sulfonamides is 1. The van der Waals surface area contributed by atoms with E-state index >= 15 is 0 Å². The zero-order valence-corrected chi connectivity index (χ0v) is 17.2. The summed E-state index contributed by atoms with van der Waals surface area (Å²) >= 11 is 0. The highest BCUT2D eigenvalue weighted by molar-refractivity contribution is 7.92. The molecule has 158 valence electrons. The first kappa shape index (κ1) is 19.4. The predicted molar refractivity (Wildman–Crippen MR) is 114 cm³/mol. The average molecular weight is 437 g/mol. The van der Waals surface area contributed by atoms with Gasteiger partial charge in [-0.05, 0) is 42.7 Å². The summed E-state index contributed by atoms with van der Waals surface area (Å²) in [6.07, 6.45) is 6.77. The molecule has 4 aromatic rings. The van der Waals surface area contributed by atoms with Gasteiger partial charge in [-0.1, -0.05) is 0 Å². The molecule has 31 heavy (non-hydrogen) atoms. The van der Waals surface area contributed by atoms with Crippen LogP contribution in [-0.4, -0.2) is 56.0 Å². The highest BCUT2D eigenvalue weighted by atomic mass is 32.2. The van der Waals surface area contributed by atoms with Crippen LogP contribution in [0, 0.1) is 0 Å². The zero-order valence-electron chi connectivity index (χ0n) is 16.4. The number of aromatic amines is 1. The Labute approximate surface area is 178 Å². The Morgan fingerprint density at radius 3 is 2.74 bits per heavy atom. The summed E-state index contributed by atoms with van der Waals surface area (Å²) in [5, 5.41) is 19.6. The van der Waals surface area contributed by atoms with Gasteiger partial charge in [-0.25, -0.2) is 13.4 Å². The van der Waals surface area contributed by atoms with Crippen LogP contribution in [0.2, 0.25) is 0 Å². The Kier molecular flexibility index (Phi) is 4.74. The fourth-order valence-electron chi connectivity index (χ4n) is 3.66. The standard InChI is InChI=1S/C20H19N7O3S/c28-18-16-14(4-3-7-22-16)20(27-10-1-2-11-31(27,29)30)24-17(18)19-23-15(25-26-19)12-13-5-8-21-9-6-13/h3-9,28H,1-2,10-12H2,(H,23,25,26). The molecule has 0 amide bonds. The summed E-state index contributed by atoms with van der Waals surface area (Å²) in [5.74, 6) is 0.939. The van der Waals surface area contributed by atoms with Gasteiger partial charge in [0, 0.05) is 36.9 Å². The van der Waals surface area contributed by atoms with Gasteiger partial charge in [-0.2, -0.15) is 0 Å². The van der Waals surface area contributed by atoms with E-state index in [9.17, 15) is 13.5 Å². The summed E-state index contributed by atoms with van der Waals surface area (Å²) in [5.41, 5.74) is 1.36. The van der Waals surface area contributed by atoms with E-state index in [2.05, 4.69) is 30.1 Å². The number of aromatic nitrogens is 6. The average Bonchev–Trinajstić information content (AvgIpc) is 3.23. The Hall–Kier alpha value is -3.60. The quantitative estimate of drug-likeness (QED) is 0.495. The minimum atomic E-state index is -3.51. The molecule has 0 bridgehead atoms. The van der Waals surface area contributed by atoms with E-state index in [1.165, 1.54) is 10.5 Å². The van der Waals surface area contributed by atoms with E-state index in [4.69, 9.17) is 0 Å². The van der Waals surface area contributed by atoms with Crippen molar-refractivity contribution in [2.45, 2.75) is 19.3 Å². The lowest BCUT2D eigenvalue weighted by Gasteiger charge is -2.28. The summed E-state index contributed by atoms with van der Waals surface area (Å²) < 4.78 is 26.8. The van der Waals surface area contributed by atoms with Gasteiger partial charge in [-0.15, -0.1) is 10.2 Å². The summed E-state index contributed by atoms with van der Waals surface area (Å²) in [6, 6.07) is 7.13. The number of H-pyrrole nitrogens is 1. The van der Waals surface area contributed by atoms with Gasteiger partial charge in [0.1, 0.15) is 11.3 Å². The molecule has 10 nitrogen and oxygen atoms in total. The van der Waals surface area contributed by atoms with Gasteiger partial charge < -0.3 is 10.1 Å². The second-order valence-electron chi connectivity index (χ2n) is 7.28. The number of fused-ring (bicyclic) bond motifs is 1. The molecular formula is C20H19N7O3S. The minimum Gasteiger partial charge on any atom is -0.504 e. The highest BCUT2D eigenvalue weighted by Gasteiger charge is 2.30. The SMILES string of the molecule is O=S1(=O)CCCCN1c1nc(-c2nnc(Cc3ccncc3)[nH]2)c(O)c2ncccc12. The lowest BCUT2D eigenvalue weighted by Crippen LogP contribution is -2.38. The van der Waals surface area contributed by atoms with E-state index in [1.807, 2.05) is 12.1 Å². The van der Waals surface area contributed by atoms with Crippen LogP contribution in [0.1, 0.15) is 24.2 Å². The third kappa shape index (κ3) is 3.56. The van der Waals surface area contributed by atoms with Crippen LogP contribution in [0.15, 0.2) is 42.9 Å². The number of aromatic hydroxyl groups is 1. The van der Waals surface area contributed by atoms with Crippen LogP contribution in [0.25, 0.3) is 22.4 Å². The maximum absolute atomic E-state index is 12.7. The van der Waals surface area contributed by atoms with Crippen molar-refractivity contribution in [1.82, 2.24) is 30.1 Å². The van der Waals surface area contributed by atoms with Crippen LogP contribution in [0.3, 0.4) is 0 Å². The first-order chi connectivity index (χ1) is 15.0. The molecule has 1 saturated heterocycles. The second-order valence-corrected chi connectivity index (χ2v) is 9.29. The Balaban J connectivity index is 1.62. The smallest absolute Gasteiger partial charge is 0.236 e. The molecule has 0 saturated carbocycles. The first-order valence-electron chi connectivity index (χ1n) is 9.82. The molecule has 11 heteroatoms. The van der Waals surface area contributed by atoms with E-state index in [0.29, 0.717) is 30.6 Å². The fraction of sp³-hybridized carbons (Fsp3) is 0.250. The fourth-order valence-corrected chi connectivity index (χ4v) is 5.26. The number of hydrogen-bond acceptors (Lipinski definition) is 8. The van der Waals surface area contributed by atoms with Crippen molar-refractivity contribution in [3.05, 3.63) is 54.2 Å². The summed E-state index contributed by atoms with van der Waals surface area (Å²) in [6.45, 7) is 0.327. The topological polar surface area (TPSA) is 138 Å². The van der Waals surface area contributed by atoms with E-state index < -0.39 is 10.0 Å². The molecule has 5 heterocycles. The summed E-state index contributed by atoms with van der Waals surface area (Å²) in [7, 11) is -3.51. The van der Waals surface area contributed by atoms with Crippen LogP contribution in [0.4, 0.5) is 5.82 Å². The van der Waals surface area contributed by atoms with E-state index in [0.717, 1.165) is 12.0 Å². The maximum Gasteiger partial charge on any atom is 0.236 e. The predicted octanol–water partition coefficient (Wildman–Crippen LogP) is 2.04. The molecule has 0 unspecified atom stereocenters. The lowest BCUT2D eigenvalue weighted by atomic mass is 10.2. The number of anilines is 1. The van der Waals surface area contributed by atoms with Crippen LogP contribution >= 0.6 is 0 Å². The number of rotatable bonds is 4. The molecule has 5 rings (SSSR count). The van der Waals surface area contributed by atoms with E-state index in [-0.39, 0.29) is 34.4 Å². The molecule has 0 aliphatic carbocycles. The van der Waals surface area contributed by atoms with Crippen LogP contribution in [-0.2, 0) is 16.4 Å². The highest BCUT2D eigenvalue weighted by Crippen LogP contribution is 2.38. The van der Waals surface area contributed by atoms with Gasteiger partial charge in [0.05, 0.1) is 5.75 Å². The number of pyridine rings is 3. The molecule has 0 radical (unpaired) electrons. The van der Waals surface area contributed by atoms with Gasteiger partial charge in [0.15, 0.2) is 23.1 Å². The molecule has 1 aliphatic heterocycles. The summed E-state index contributed by atoms with van der Waals surface area (Å²) in [4.78, 5) is 15.9. The van der Waals surface area contributed by atoms with Crippen molar-refractivity contribution in [3.63, 3.8) is 0 Å².